The van der Waals surface area contributed by atoms with E-state index < -0.39 is 0 Å². The standard InChI is InChI=1S/C16H21N3O2/c1-17-15-13-8-4-3-7-12(13)14(11-19-15)16(20)18-9-5-6-10-21-2/h3-4,7-8,11H,5-6,9-10H2,1-2H3,(H,17,19)(H,18,20). The molecule has 1 amide bonds. The predicted molar refractivity (Wildman–Crippen MR) is 84.7 cm³/mol. The molecule has 0 aliphatic heterocycles. The van der Waals surface area contributed by atoms with Crippen LogP contribution < -0.4 is 10.6 Å². The second-order valence-electron chi connectivity index (χ2n) is 4.77. The average molecular weight is 287 g/mol. The number of nitrogens with zero attached hydrogens (tertiary/aromatic N) is 1. The molecular formula is C16H21N3O2. The van der Waals surface area contributed by atoms with Crippen molar-refractivity contribution in [3.63, 3.8) is 0 Å². The fourth-order valence-corrected chi connectivity index (χ4v) is 2.24. The van der Waals surface area contributed by atoms with Crippen molar-refractivity contribution in [2.45, 2.75) is 12.8 Å². The smallest absolute Gasteiger partial charge is 0.253 e. The first-order chi connectivity index (χ1) is 10.3. The summed E-state index contributed by atoms with van der Waals surface area (Å²) in [4.78, 5) is 16.6. The minimum Gasteiger partial charge on any atom is -0.385 e. The zero-order chi connectivity index (χ0) is 15.1. The van der Waals surface area contributed by atoms with E-state index in [1.807, 2.05) is 31.3 Å². The van der Waals surface area contributed by atoms with E-state index in [0.717, 1.165) is 36.0 Å². The zero-order valence-corrected chi connectivity index (χ0v) is 12.5. The van der Waals surface area contributed by atoms with Gasteiger partial charge in [0.05, 0.1) is 5.56 Å². The minimum absolute atomic E-state index is 0.0845. The third-order valence-corrected chi connectivity index (χ3v) is 3.34. The highest BCUT2D eigenvalue weighted by atomic mass is 16.5. The summed E-state index contributed by atoms with van der Waals surface area (Å²) in [6, 6.07) is 7.77. The molecule has 1 aromatic carbocycles. The van der Waals surface area contributed by atoms with Crippen LogP contribution in [0.2, 0.25) is 0 Å². The molecule has 0 spiro atoms. The number of carbonyl (C=O) groups is 1. The van der Waals surface area contributed by atoms with Crippen molar-refractivity contribution >= 4 is 22.5 Å². The largest absolute Gasteiger partial charge is 0.385 e. The number of rotatable bonds is 7. The Kier molecular flexibility index (Phi) is 5.51. The molecule has 1 aromatic heterocycles. The summed E-state index contributed by atoms with van der Waals surface area (Å²) in [6.45, 7) is 1.36. The fourth-order valence-electron chi connectivity index (χ4n) is 2.24. The molecule has 0 aliphatic carbocycles. The molecule has 0 saturated heterocycles. The Morgan fingerprint density at radius 1 is 1.24 bits per heavy atom. The third-order valence-electron chi connectivity index (χ3n) is 3.34. The van der Waals surface area contributed by atoms with Crippen LogP contribution in [-0.4, -0.2) is 38.2 Å². The molecule has 0 radical (unpaired) electrons. The van der Waals surface area contributed by atoms with E-state index in [4.69, 9.17) is 4.74 Å². The number of amides is 1. The molecule has 0 bridgehead atoms. The molecule has 0 saturated carbocycles. The van der Waals surface area contributed by atoms with Crippen molar-refractivity contribution in [2.24, 2.45) is 0 Å². The van der Waals surface area contributed by atoms with Crippen LogP contribution in [0.25, 0.3) is 10.8 Å². The van der Waals surface area contributed by atoms with Gasteiger partial charge < -0.3 is 15.4 Å². The number of nitrogens with one attached hydrogen (secondary N) is 2. The molecule has 112 valence electrons. The van der Waals surface area contributed by atoms with E-state index in [1.165, 1.54) is 0 Å². The Hall–Kier alpha value is -2.14. The SMILES string of the molecule is CNc1ncc(C(=O)NCCCCOC)c2ccccc12. The Balaban J connectivity index is 2.13. The summed E-state index contributed by atoms with van der Waals surface area (Å²) in [5.74, 6) is 0.695. The normalized spacial score (nSPS) is 10.6. The molecule has 0 fully saturated rings. The molecule has 2 N–H and O–H groups in total. The highest BCUT2D eigenvalue weighted by Gasteiger charge is 2.12. The molecular weight excluding hydrogens is 266 g/mol. The molecule has 5 nitrogen and oxygen atoms in total. The summed E-state index contributed by atoms with van der Waals surface area (Å²) >= 11 is 0. The van der Waals surface area contributed by atoms with Gasteiger partial charge >= 0.3 is 0 Å². The van der Waals surface area contributed by atoms with Crippen LogP contribution >= 0.6 is 0 Å². The van der Waals surface area contributed by atoms with Gasteiger partial charge in [0.25, 0.3) is 5.91 Å². The quantitative estimate of drug-likeness (QED) is 0.768. The topological polar surface area (TPSA) is 63.2 Å². The number of anilines is 1. The fraction of sp³-hybridized carbons (Fsp3) is 0.375. The number of benzene rings is 1. The third kappa shape index (κ3) is 3.70. The van der Waals surface area contributed by atoms with Crippen molar-refractivity contribution in [1.82, 2.24) is 10.3 Å². The lowest BCUT2D eigenvalue weighted by atomic mass is 10.1. The van der Waals surface area contributed by atoms with Gasteiger partial charge in [-0.3, -0.25) is 4.79 Å². The van der Waals surface area contributed by atoms with Crippen LogP contribution in [0.3, 0.4) is 0 Å². The number of carbonyl (C=O) groups excluding carboxylic acids is 1. The molecule has 2 rings (SSSR count). The van der Waals surface area contributed by atoms with Crippen LogP contribution in [0.5, 0.6) is 0 Å². The molecule has 5 heteroatoms. The number of pyridine rings is 1. The Morgan fingerprint density at radius 2 is 2.00 bits per heavy atom. The van der Waals surface area contributed by atoms with Crippen molar-refractivity contribution < 1.29 is 9.53 Å². The van der Waals surface area contributed by atoms with Gasteiger partial charge in [0.15, 0.2) is 0 Å². The molecule has 2 aromatic rings. The van der Waals surface area contributed by atoms with E-state index in [-0.39, 0.29) is 5.91 Å². The van der Waals surface area contributed by atoms with E-state index in [2.05, 4.69) is 15.6 Å². The summed E-state index contributed by atoms with van der Waals surface area (Å²) in [5.41, 5.74) is 0.608. The molecule has 0 aliphatic rings. The maximum absolute atomic E-state index is 12.3. The van der Waals surface area contributed by atoms with Gasteiger partial charge in [0.2, 0.25) is 0 Å². The Labute approximate surface area is 124 Å². The first kappa shape index (κ1) is 15.3. The second kappa shape index (κ2) is 7.59. The molecule has 0 atom stereocenters. The van der Waals surface area contributed by atoms with Crippen LogP contribution in [0, 0.1) is 0 Å². The highest BCUT2D eigenvalue weighted by molar-refractivity contribution is 6.09. The Morgan fingerprint density at radius 3 is 2.71 bits per heavy atom. The highest BCUT2D eigenvalue weighted by Crippen LogP contribution is 2.23. The maximum Gasteiger partial charge on any atom is 0.253 e. The van der Waals surface area contributed by atoms with Crippen LogP contribution in [0.15, 0.2) is 30.5 Å². The minimum atomic E-state index is -0.0845. The van der Waals surface area contributed by atoms with Crippen LogP contribution in [0.1, 0.15) is 23.2 Å². The maximum atomic E-state index is 12.3. The van der Waals surface area contributed by atoms with E-state index in [1.54, 1.807) is 13.3 Å². The lowest BCUT2D eigenvalue weighted by molar-refractivity contribution is 0.0953. The molecule has 1 heterocycles. The lowest BCUT2D eigenvalue weighted by Gasteiger charge is -2.10. The number of methoxy groups -OCH3 is 1. The van der Waals surface area contributed by atoms with Crippen molar-refractivity contribution in [3.8, 4) is 0 Å². The van der Waals surface area contributed by atoms with Gasteiger partial charge in [-0.25, -0.2) is 4.98 Å². The van der Waals surface area contributed by atoms with Gasteiger partial charge in [-0.1, -0.05) is 24.3 Å². The number of fused-ring (bicyclic) bond motifs is 1. The lowest BCUT2D eigenvalue weighted by Crippen LogP contribution is -2.25. The number of aromatic nitrogens is 1. The number of ether oxygens (including phenoxy) is 1. The first-order valence-electron chi connectivity index (χ1n) is 7.10. The molecule has 21 heavy (non-hydrogen) atoms. The summed E-state index contributed by atoms with van der Waals surface area (Å²) in [7, 11) is 3.50. The average Bonchev–Trinajstić information content (AvgIpc) is 2.53. The van der Waals surface area contributed by atoms with Gasteiger partial charge in [0.1, 0.15) is 5.82 Å². The van der Waals surface area contributed by atoms with Crippen molar-refractivity contribution in [3.05, 3.63) is 36.0 Å². The predicted octanol–water partition coefficient (Wildman–Crippen LogP) is 2.43. The molecule has 0 unspecified atom stereocenters. The summed E-state index contributed by atoms with van der Waals surface area (Å²) < 4.78 is 4.99. The first-order valence-corrected chi connectivity index (χ1v) is 7.10. The van der Waals surface area contributed by atoms with Crippen LogP contribution in [-0.2, 0) is 4.74 Å². The monoisotopic (exact) mass is 287 g/mol. The van der Waals surface area contributed by atoms with E-state index >= 15 is 0 Å². The zero-order valence-electron chi connectivity index (χ0n) is 12.5. The summed E-state index contributed by atoms with van der Waals surface area (Å²) in [5, 5.41) is 7.84. The number of hydrogen-bond donors (Lipinski definition) is 2. The van der Waals surface area contributed by atoms with Gasteiger partial charge in [-0.15, -0.1) is 0 Å². The van der Waals surface area contributed by atoms with Crippen molar-refractivity contribution in [1.29, 1.82) is 0 Å². The Bertz CT molecular complexity index is 613. The van der Waals surface area contributed by atoms with Crippen molar-refractivity contribution in [2.75, 3.05) is 32.6 Å². The van der Waals surface area contributed by atoms with E-state index in [0.29, 0.717) is 12.1 Å². The van der Waals surface area contributed by atoms with Crippen LogP contribution in [0.4, 0.5) is 5.82 Å². The van der Waals surface area contributed by atoms with E-state index in [9.17, 15) is 4.79 Å². The van der Waals surface area contributed by atoms with Gasteiger partial charge in [-0.05, 0) is 18.2 Å². The van der Waals surface area contributed by atoms with Gasteiger partial charge in [-0.2, -0.15) is 0 Å². The number of hydrogen-bond acceptors (Lipinski definition) is 4. The summed E-state index contributed by atoms with van der Waals surface area (Å²) in [6.07, 6.45) is 3.46. The van der Waals surface area contributed by atoms with Gasteiger partial charge in [0, 0.05) is 38.9 Å². The second-order valence-corrected chi connectivity index (χ2v) is 4.77. The number of unbranched alkanes of at least 4 members (excludes halogenated alkanes) is 1.